The van der Waals surface area contributed by atoms with Gasteiger partial charge in [-0.2, -0.15) is 0 Å². The Kier molecular flexibility index (Phi) is 2.88. The molecule has 0 aromatic carbocycles. The molecule has 0 radical (unpaired) electrons. The molecule has 20 heavy (non-hydrogen) atoms. The molecule has 0 atom stereocenters. The second-order valence-corrected chi connectivity index (χ2v) is 5.66. The monoisotopic (exact) mass is 273 g/mol. The lowest BCUT2D eigenvalue weighted by Crippen LogP contribution is -2.14. The average molecular weight is 273 g/mol. The van der Waals surface area contributed by atoms with Crippen LogP contribution in [0.4, 0.5) is 0 Å². The molecule has 0 N–H and O–H groups in total. The van der Waals surface area contributed by atoms with Gasteiger partial charge in [0.05, 0.1) is 11.9 Å². The van der Waals surface area contributed by atoms with Crippen LogP contribution in [0.15, 0.2) is 10.6 Å². The normalized spacial score (nSPS) is 19.4. The lowest BCUT2D eigenvalue weighted by Gasteiger charge is -2.18. The second-order valence-electron chi connectivity index (χ2n) is 5.66. The third kappa shape index (κ3) is 1.88. The van der Waals surface area contributed by atoms with E-state index in [9.17, 15) is 0 Å². The number of fused-ring (bicyclic) bond motifs is 1. The minimum absolute atomic E-state index is 0.400. The largest absolute Gasteiger partial charge is 0.445 e. The topological polar surface area (TPSA) is 53.1 Å². The molecule has 2 aliphatic rings. The molecule has 0 saturated carbocycles. The standard InChI is InChI=1S/C15H19N3O2/c1-10-14(12-9-16-13-3-2-6-18(12)13)17-15(20-10)11-4-7-19-8-5-11/h9,11H,2-8H2,1H3. The van der Waals surface area contributed by atoms with Gasteiger partial charge in [0.25, 0.3) is 0 Å². The first-order valence-corrected chi connectivity index (χ1v) is 7.43. The third-order valence-corrected chi connectivity index (χ3v) is 4.35. The van der Waals surface area contributed by atoms with Gasteiger partial charge < -0.3 is 13.7 Å². The molecule has 2 aromatic heterocycles. The molecule has 4 heterocycles. The van der Waals surface area contributed by atoms with Gasteiger partial charge in [-0.1, -0.05) is 0 Å². The van der Waals surface area contributed by atoms with Crippen LogP contribution in [0, 0.1) is 6.92 Å². The summed E-state index contributed by atoms with van der Waals surface area (Å²) >= 11 is 0. The number of hydrogen-bond donors (Lipinski definition) is 0. The van der Waals surface area contributed by atoms with Crippen LogP contribution in [-0.2, 0) is 17.7 Å². The van der Waals surface area contributed by atoms with E-state index in [1.807, 2.05) is 13.1 Å². The van der Waals surface area contributed by atoms with Gasteiger partial charge in [-0.15, -0.1) is 0 Å². The summed E-state index contributed by atoms with van der Waals surface area (Å²) in [6.45, 7) is 4.66. The van der Waals surface area contributed by atoms with Crippen LogP contribution in [0.5, 0.6) is 0 Å². The zero-order chi connectivity index (χ0) is 13.5. The summed E-state index contributed by atoms with van der Waals surface area (Å²) in [5.41, 5.74) is 2.07. The van der Waals surface area contributed by atoms with Crippen molar-refractivity contribution >= 4 is 0 Å². The molecule has 5 nitrogen and oxygen atoms in total. The summed E-state index contributed by atoms with van der Waals surface area (Å²) in [5.74, 6) is 3.35. The smallest absolute Gasteiger partial charge is 0.198 e. The fourth-order valence-electron chi connectivity index (χ4n) is 3.22. The van der Waals surface area contributed by atoms with Crippen molar-refractivity contribution in [1.29, 1.82) is 0 Å². The lowest BCUT2D eigenvalue weighted by molar-refractivity contribution is 0.0792. The van der Waals surface area contributed by atoms with Crippen LogP contribution in [0.25, 0.3) is 11.4 Å². The molecule has 5 heteroatoms. The summed E-state index contributed by atoms with van der Waals surface area (Å²) in [6.07, 6.45) is 6.20. The number of hydrogen-bond acceptors (Lipinski definition) is 4. The predicted octanol–water partition coefficient (Wildman–Crippen LogP) is 2.69. The first kappa shape index (κ1) is 12.1. The molecule has 0 aliphatic carbocycles. The molecule has 0 unspecified atom stereocenters. The van der Waals surface area contributed by atoms with Crippen LogP contribution in [-0.4, -0.2) is 27.7 Å². The summed E-state index contributed by atoms with van der Waals surface area (Å²) in [4.78, 5) is 9.27. The Morgan fingerprint density at radius 3 is 3.00 bits per heavy atom. The van der Waals surface area contributed by atoms with Gasteiger partial charge in [0, 0.05) is 32.1 Å². The van der Waals surface area contributed by atoms with Crippen molar-refractivity contribution < 1.29 is 9.15 Å². The highest BCUT2D eigenvalue weighted by Gasteiger charge is 2.25. The number of imidazole rings is 1. The Morgan fingerprint density at radius 2 is 2.15 bits per heavy atom. The van der Waals surface area contributed by atoms with Crippen LogP contribution < -0.4 is 0 Å². The molecular formula is C15H19N3O2. The van der Waals surface area contributed by atoms with Crippen molar-refractivity contribution in [3.63, 3.8) is 0 Å². The number of nitrogens with zero attached hydrogens (tertiary/aromatic N) is 3. The summed E-state index contributed by atoms with van der Waals surface area (Å²) in [7, 11) is 0. The Hall–Kier alpha value is -1.62. The second kappa shape index (κ2) is 4.74. The summed E-state index contributed by atoms with van der Waals surface area (Å²) in [5, 5.41) is 0. The fraction of sp³-hybridized carbons (Fsp3) is 0.600. The van der Waals surface area contributed by atoms with E-state index in [0.29, 0.717) is 5.92 Å². The highest BCUT2D eigenvalue weighted by Crippen LogP contribution is 2.32. The van der Waals surface area contributed by atoms with Crippen molar-refractivity contribution in [3.8, 4) is 11.4 Å². The molecular weight excluding hydrogens is 254 g/mol. The van der Waals surface area contributed by atoms with E-state index in [2.05, 4.69) is 9.55 Å². The Bertz CT molecular complexity index is 623. The van der Waals surface area contributed by atoms with E-state index in [1.165, 1.54) is 12.2 Å². The average Bonchev–Trinajstić information content (AvgIpc) is 3.15. The highest BCUT2D eigenvalue weighted by atomic mass is 16.5. The number of aromatic nitrogens is 3. The number of ether oxygens (including phenoxy) is 1. The molecule has 106 valence electrons. The molecule has 2 aliphatic heterocycles. The van der Waals surface area contributed by atoms with Crippen molar-refractivity contribution in [2.75, 3.05) is 13.2 Å². The van der Waals surface area contributed by atoms with E-state index in [-0.39, 0.29) is 0 Å². The van der Waals surface area contributed by atoms with Gasteiger partial charge in [0.15, 0.2) is 5.89 Å². The number of oxazole rings is 1. The number of aryl methyl sites for hydroxylation is 2. The van der Waals surface area contributed by atoms with Gasteiger partial charge in [0.1, 0.15) is 17.3 Å². The predicted molar refractivity (Wildman–Crippen MR) is 73.6 cm³/mol. The molecule has 1 fully saturated rings. The maximum Gasteiger partial charge on any atom is 0.198 e. The first-order valence-electron chi connectivity index (χ1n) is 7.43. The molecule has 0 amide bonds. The molecule has 4 rings (SSSR count). The summed E-state index contributed by atoms with van der Waals surface area (Å²) < 4.78 is 13.6. The molecule has 1 saturated heterocycles. The van der Waals surface area contributed by atoms with Gasteiger partial charge >= 0.3 is 0 Å². The van der Waals surface area contributed by atoms with Gasteiger partial charge in [-0.3, -0.25) is 0 Å². The van der Waals surface area contributed by atoms with E-state index < -0.39 is 0 Å². The quantitative estimate of drug-likeness (QED) is 0.844. The minimum atomic E-state index is 0.400. The molecule has 0 bridgehead atoms. The van der Waals surface area contributed by atoms with Gasteiger partial charge in [0.2, 0.25) is 0 Å². The lowest BCUT2D eigenvalue weighted by atomic mass is 10.0. The zero-order valence-electron chi connectivity index (χ0n) is 11.8. The Labute approximate surface area is 118 Å². The third-order valence-electron chi connectivity index (χ3n) is 4.35. The SMILES string of the molecule is Cc1oc(C2CCOCC2)nc1-c1cnc2n1CCC2. The fourth-order valence-corrected chi connectivity index (χ4v) is 3.22. The highest BCUT2D eigenvalue weighted by molar-refractivity contribution is 5.57. The van der Waals surface area contributed by atoms with Gasteiger partial charge in [-0.25, -0.2) is 9.97 Å². The number of rotatable bonds is 2. The van der Waals surface area contributed by atoms with E-state index in [1.54, 1.807) is 0 Å². The maximum atomic E-state index is 5.93. The van der Waals surface area contributed by atoms with Crippen LogP contribution in [0.2, 0.25) is 0 Å². The summed E-state index contributed by atoms with van der Waals surface area (Å²) in [6, 6.07) is 0. The van der Waals surface area contributed by atoms with Gasteiger partial charge in [-0.05, 0) is 26.2 Å². The first-order chi connectivity index (χ1) is 9.83. The minimum Gasteiger partial charge on any atom is -0.445 e. The Morgan fingerprint density at radius 1 is 1.30 bits per heavy atom. The van der Waals surface area contributed by atoms with Crippen molar-refractivity contribution in [1.82, 2.24) is 14.5 Å². The maximum absolute atomic E-state index is 5.93. The zero-order valence-corrected chi connectivity index (χ0v) is 11.8. The van der Waals surface area contributed by atoms with Crippen LogP contribution >= 0.6 is 0 Å². The van der Waals surface area contributed by atoms with Crippen molar-refractivity contribution in [2.24, 2.45) is 0 Å². The van der Waals surface area contributed by atoms with Crippen LogP contribution in [0.3, 0.4) is 0 Å². The van der Waals surface area contributed by atoms with Crippen molar-refractivity contribution in [2.45, 2.75) is 45.1 Å². The van der Waals surface area contributed by atoms with E-state index in [4.69, 9.17) is 14.1 Å². The Balaban J connectivity index is 1.69. The van der Waals surface area contributed by atoms with E-state index in [0.717, 1.165) is 62.1 Å². The molecule has 2 aromatic rings. The van der Waals surface area contributed by atoms with E-state index >= 15 is 0 Å². The van der Waals surface area contributed by atoms with Crippen LogP contribution in [0.1, 0.15) is 42.7 Å². The van der Waals surface area contributed by atoms with Crippen molar-refractivity contribution in [3.05, 3.63) is 23.7 Å². The molecule has 0 spiro atoms.